The third kappa shape index (κ3) is 4.43. The summed E-state index contributed by atoms with van der Waals surface area (Å²) in [4.78, 5) is 27.2. The molecule has 1 aliphatic rings. The SMILES string of the molecule is CC(=O)N1CCN(C(=O)CSc2nnc(-c3cc(C)cc(C)c3)o2)CC1. The van der Waals surface area contributed by atoms with Crippen LogP contribution >= 0.6 is 11.8 Å². The van der Waals surface area contributed by atoms with Gasteiger partial charge in [-0.05, 0) is 26.0 Å². The second-order valence-corrected chi connectivity index (χ2v) is 7.35. The number of hydrogen-bond donors (Lipinski definition) is 0. The van der Waals surface area contributed by atoms with Crippen LogP contribution in [0.2, 0.25) is 0 Å². The van der Waals surface area contributed by atoms with Crippen molar-refractivity contribution in [2.45, 2.75) is 26.0 Å². The van der Waals surface area contributed by atoms with E-state index in [0.717, 1.165) is 16.7 Å². The molecule has 0 unspecified atom stereocenters. The predicted molar refractivity (Wildman–Crippen MR) is 98.8 cm³/mol. The number of benzene rings is 1. The van der Waals surface area contributed by atoms with Gasteiger partial charge in [-0.2, -0.15) is 0 Å². The maximum absolute atomic E-state index is 12.3. The van der Waals surface area contributed by atoms with E-state index in [1.165, 1.54) is 11.8 Å². The summed E-state index contributed by atoms with van der Waals surface area (Å²) < 4.78 is 5.68. The van der Waals surface area contributed by atoms with Crippen molar-refractivity contribution in [3.05, 3.63) is 29.3 Å². The fraction of sp³-hybridized carbons (Fsp3) is 0.444. The van der Waals surface area contributed by atoms with Crippen molar-refractivity contribution in [2.75, 3.05) is 31.9 Å². The lowest BCUT2D eigenvalue weighted by molar-refractivity contribution is -0.136. The van der Waals surface area contributed by atoms with E-state index in [0.29, 0.717) is 37.3 Å². The van der Waals surface area contributed by atoms with E-state index in [1.807, 2.05) is 26.0 Å². The second-order valence-electron chi connectivity index (χ2n) is 6.43. The minimum absolute atomic E-state index is 0.0179. The molecule has 7 nitrogen and oxygen atoms in total. The van der Waals surface area contributed by atoms with Crippen molar-refractivity contribution >= 4 is 23.6 Å². The molecular weight excluding hydrogens is 352 g/mol. The summed E-state index contributed by atoms with van der Waals surface area (Å²) in [6, 6.07) is 6.07. The van der Waals surface area contributed by atoms with Gasteiger partial charge in [0.05, 0.1) is 5.75 Å². The van der Waals surface area contributed by atoms with Crippen molar-refractivity contribution in [3.8, 4) is 11.5 Å². The van der Waals surface area contributed by atoms with Gasteiger partial charge in [0.1, 0.15) is 0 Å². The number of rotatable bonds is 4. The molecule has 0 saturated carbocycles. The number of nitrogens with zero attached hydrogens (tertiary/aromatic N) is 4. The fourth-order valence-electron chi connectivity index (χ4n) is 2.97. The van der Waals surface area contributed by atoms with Gasteiger partial charge in [0.2, 0.25) is 17.7 Å². The zero-order chi connectivity index (χ0) is 18.7. The molecule has 138 valence electrons. The topological polar surface area (TPSA) is 79.5 Å². The number of piperazine rings is 1. The molecule has 0 bridgehead atoms. The molecule has 0 radical (unpaired) electrons. The third-order valence-corrected chi connectivity index (χ3v) is 5.08. The Kier molecular flexibility index (Phi) is 5.61. The van der Waals surface area contributed by atoms with E-state index in [9.17, 15) is 9.59 Å². The predicted octanol–water partition coefficient (Wildman–Crippen LogP) is 2.14. The van der Waals surface area contributed by atoms with E-state index in [2.05, 4.69) is 16.3 Å². The smallest absolute Gasteiger partial charge is 0.277 e. The first kappa shape index (κ1) is 18.4. The number of aryl methyl sites for hydroxylation is 2. The van der Waals surface area contributed by atoms with Crippen LogP contribution < -0.4 is 0 Å². The molecule has 1 aliphatic heterocycles. The highest BCUT2D eigenvalue weighted by Crippen LogP contribution is 2.25. The summed E-state index contributed by atoms with van der Waals surface area (Å²) >= 11 is 1.24. The highest BCUT2D eigenvalue weighted by Gasteiger charge is 2.23. The molecule has 2 amide bonds. The summed E-state index contributed by atoms with van der Waals surface area (Å²) in [5.41, 5.74) is 3.15. The molecule has 2 heterocycles. The Morgan fingerprint density at radius 2 is 1.65 bits per heavy atom. The van der Waals surface area contributed by atoms with Crippen LogP contribution in [0.4, 0.5) is 0 Å². The molecule has 1 saturated heterocycles. The van der Waals surface area contributed by atoms with Gasteiger partial charge in [-0.3, -0.25) is 9.59 Å². The molecule has 26 heavy (non-hydrogen) atoms. The molecule has 2 aromatic rings. The summed E-state index contributed by atoms with van der Waals surface area (Å²) in [7, 11) is 0. The van der Waals surface area contributed by atoms with E-state index in [1.54, 1.807) is 16.7 Å². The number of carbonyl (C=O) groups excluding carboxylic acids is 2. The number of aromatic nitrogens is 2. The Labute approximate surface area is 156 Å². The second kappa shape index (κ2) is 7.90. The minimum Gasteiger partial charge on any atom is -0.411 e. The van der Waals surface area contributed by atoms with Crippen LogP contribution in [-0.4, -0.2) is 63.7 Å². The maximum Gasteiger partial charge on any atom is 0.277 e. The van der Waals surface area contributed by atoms with Gasteiger partial charge in [-0.1, -0.05) is 29.0 Å². The van der Waals surface area contributed by atoms with E-state index < -0.39 is 0 Å². The first-order valence-electron chi connectivity index (χ1n) is 8.50. The average Bonchev–Trinajstić information content (AvgIpc) is 3.08. The van der Waals surface area contributed by atoms with Gasteiger partial charge in [0.15, 0.2) is 0 Å². The quantitative estimate of drug-likeness (QED) is 0.763. The Bertz CT molecular complexity index is 792. The first-order valence-corrected chi connectivity index (χ1v) is 9.49. The maximum atomic E-state index is 12.3. The van der Waals surface area contributed by atoms with Crippen LogP contribution in [0.1, 0.15) is 18.1 Å². The Hall–Kier alpha value is -2.35. The molecule has 0 atom stereocenters. The lowest BCUT2D eigenvalue weighted by atomic mass is 10.1. The highest BCUT2D eigenvalue weighted by atomic mass is 32.2. The van der Waals surface area contributed by atoms with Gasteiger partial charge >= 0.3 is 0 Å². The van der Waals surface area contributed by atoms with Gasteiger partial charge in [0.25, 0.3) is 5.22 Å². The Balaban J connectivity index is 1.55. The van der Waals surface area contributed by atoms with Crippen molar-refractivity contribution in [2.24, 2.45) is 0 Å². The molecule has 0 N–H and O–H groups in total. The van der Waals surface area contributed by atoms with Crippen molar-refractivity contribution in [3.63, 3.8) is 0 Å². The lowest BCUT2D eigenvalue weighted by Crippen LogP contribution is -2.50. The zero-order valence-corrected chi connectivity index (χ0v) is 16.0. The first-order chi connectivity index (χ1) is 12.4. The molecule has 1 fully saturated rings. The number of amides is 2. The monoisotopic (exact) mass is 374 g/mol. The largest absolute Gasteiger partial charge is 0.411 e. The van der Waals surface area contributed by atoms with E-state index in [-0.39, 0.29) is 17.6 Å². The normalized spacial score (nSPS) is 14.6. The van der Waals surface area contributed by atoms with Gasteiger partial charge in [0, 0.05) is 38.7 Å². The van der Waals surface area contributed by atoms with Crippen LogP contribution in [0.5, 0.6) is 0 Å². The average molecular weight is 374 g/mol. The highest BCUT2D eigenvalue weighted by molar-refractivity contribution is 7.99. The van der Waals surface area contributed by atoms with E-state index in [4.69, 9.17) is 4.42 Å². The number of hydrogen-bond acceptors (Lipinski definition) is 6. The van der Waals surface area contributed by atoms with Gasteiger partial charge < -0.3 is 14.2 Å². The molecular formula is C18H22N4O3S. The Morgan fingerprint density at radius 3 is 2.27 bits per heavy atom. The summed E-state index contributed by atoms with van der Waals surface area (Å²) in [6.45, 7) is 7.90. The van der Waals surface area contributed by atoms with E-state index >= 15 is 0 Å². The van der Waals surface area contributed by atoms with Crippen molar-refractivity contribution in [1.82, 2.24) is 20.0 Å². The summed E-state index contributed by atoms with van der Waals surface area (Å²) in [5, 5.41) is 8.49. The van der Waals surface area contributed by atoms with Crippen LogP contribution in [0.25, 0.3) is 11.5 Å². The Morgan fingerprint density at radius 1 is 1.04 bits per heavy atom. The number of thioether (sulfide) groups is 1. The molecule has 0 spiro atoms. The lowest BCUT2D eigenvalue weighted by Gasteiger charge is -2.34. The molecule has 8 heteroatoms. The summed E-state index contributed by atoms with van der Waals surface area (Å²) in [5.74, 6) is 0.775. The molecule has 1 aromatic heterocycles. The molecule has 1 aromatic carbocycles. The van der Waals surface area contributed by atoms with Crippen LogP contribution in [0, 0.1) is 13.8 Å². The third-order valence-electron chi connectivity index (χ3n) is 4.27. The number of carbonyl (C=O) groups is 2. The van der Waals surface area contributed by atoms with Gasteiger partial charge in [-0.25, -0.2) is 0 Å². The zero-order valence-electron chi connectivity index (χ0n) is 15.2. The molecule has 0 aliphatic carbocycles. The standard InChI is InChI=1S/C18H22N4O3S/c1-12-8-13(2)10-15(9-12)17-19-20-18(25-17)26-11-16(24)22-6-4-21(5-7-22)14(3)23/h8-10H,4-7,11H2,1-3H3. The molecule has 3 rings (SSSR count). The van der Waals surface area contributed by atoms with Crippen LogP contribution in [-0.2, 0) is 9.59 Å². The van der Waals surface area contributed by atoms with Crippen LogP contribution in [0.15, 0.2) is 27.8 Å². The van der Waals surface area contributed by atoms with Crippen molar-refractivity contribution in [1.29, 1.82) is 0 Å². The minimum atomic E-state index is 0.0179. The summed E-state index contributed by atoms with van der Waals surface area (Å²) in [6.07, 6.45) is 0. The van der Waals surface area contributed by atoms with Gasteiger partial charge in [-0.15, -0.1) is 10.2 Å². The fourth-order valence-corrected chi connectivity index (χ4v) is 3.63. The van der Waals surface area contributed by atoms with Crippen molar-refractivity contribution < 1.29 is 14.0 Å². The van der Waals surface area contributed by atoms with Crippen LogP contribution in [0.3, 0.4) is 0 Å².